The fourth-order valence-electron chi connectivity index (χ4n) is 3.12. The van der Waals surface area contributed by atoms with Crippen molar-refractivity contribution in [3.05, 3.63) is 34.6 Å². The molecule has 0 amide bonds. The Hall–Kier alpha value is -0.640. The van der Waals surface area contributed by atoms with Gasteiger partial charge in [0.05, 0.1) is 5.02 Å². The van der Waals surface area contributed by atoms with Crippen LogP contribution in [0, 0.1) is 5.82 Å². The lowest BCUT2D eigenvalue weighted by Crippen LogP contribution is -2.57. The largest absolute Gasteiger partial charge is 0.315 e. The van der Waals surface area contributed by atoms with Crippen LogP contribution in [-0.4, -0.2) is 36.6 Å². The van der Waals surface area contributed by atoms with Crippen molar-refractivity contribution in [1.29, 1.82) is 0 Å². The van der Waals surface area contributed by atoms with Crippen LogP contribution in [0.15, 0.2) is 18.2 Å². The molecule has 4 heteroatoms. The number of hydrogen-bond acceptors (Lipinski definition) is 2. The van der Waals surface area contributed by atoms with Gasteiger partial charge in [-0.15, -0.1) is 0 Å². The van der Waals surface area contributed by atoms with Crippen molar-refractivity contribution in [3.8, 4) is 0 Å². The van der Waals surface area contributed by atoms with Crippen LogP contribution in [0.2, 0.25) is 5.02 Å². The lowest BCUT2D eigenvalue weighted by Gasteiger charge is -2.42. The van der Waals surface area contributed by atoms with Crippen molar-refractivity contribution in [2.24, 2.45) is 0 Å². The van der Waals surface area contributed by atoms with Crippen molar-refractivity contribution in [2.45, 2.75) is 44.7 Å². The molecule has 0 aromatic heterocycles. The van der Waals surface area contributed by atoms with Crippen LogP contribution in [0.25, 0.3) is 0 Å². The Kier molecular flexibility index (Phi) is 5.05. The van der Waals surface area contributed by atoms with Gasteiger partial charge in [-0.05, 0) is 70.9 Å². The molecule has 1 aromatic carbocycles. The summed E-state index contributed by atoms with van der Waals surface area (Å²) >= 11 is 5.88. The maximum Gasteiger partial charge on any atom is 0.141 e. The second-order valence-corrected chi connectivity index (χ2v) is 6.55. The van der Waals surface area contributed by atoms with Gasteiger partial charge in [0.15, 0.2) is 0 Å². The second-order valence-electron chi connectivity index (χ2n) is 6.14. The van der Waals surface area contributed by atoms with E-state index < -0.39 is 0 Å². The molecular weight excluding hydrogens is 275 g/mol. The standard InChI is InChI=1S/C16H24ClFN2/c1-16(2,20-8-4-5-9-20)15(19-3)11-12-6-7-14(18)13(17)10-12/h6-7,10,15,19H,4-5,8-9,11H2,1-3H3. The van der Waals surface area contributed by atoms with Crippen molar-refractivity contribution in [3.63, 3.8) is 0 Å². The van der Waals surface area contributed by atoms with E-state index >= 15 is 0 Å². The zero-order valence-corrected chi connectivity index (χ0v) is 13.3. The first kappa shape index (κ1) is 15.7. The molecule has 1 unspecified atom stereocenters. The van der Waals surface area contributed by atoms with Crippen LogP contribution in [0.4, 0.5) is 4.39 Å². The van der Waals surface area contributed by atoms with Crippen LogP contribution in [0.3, 0.4) is 0 Å². The predicted octanol–water partition coefficient (Wildman–Crippen LogP) is 3.48. The van der Waals surface area contributed by atoms with E-state index in [4.69, 9.17) is 11.6 Å². The highest BCUT2D eigenvalue weighted by atomic mass is 35.5. The maximum atomic E-state index is 13.2. The Balaban J connectivity index is 2.13. The van der Waals surface area contributed by atoms with E-state index in [0.29, 0.717) is 6.04 Å². The van der Waals surface area contributed by atoms with E-state index in [1.165, 1.54) is 18.9 Å². The summed E-state index contributed by atoms with van der Waals surface area (Å²) in [5, 5.41) is 3.63. The summed E-state index contributed by atoms with van der Waals surface area (Å²) in [6, 6.07) is 5.32. The van der Waals surface area contributed by atoms with Gasteiger partial charge in [0.2, 0.25) is 0 Å². The number of halogens is 2. The molecule has 0 aliphatic carbocycles. The molecule has 1 aliphatic rings. The molecule has 1 atom stereocenters. The molecule has 1 saturated heterocycles. The summed E-state index contributed by atoms with van der Waals surface area (Å²) in [6.07, 6.45) is 3.41. The quantitative estimate of drug-likeness (QED) is 0.895. The van der Waals surface area contributed by atoms with Crippen LogP contribution in [0.1, 0.15) is 32.3 Å². The highest BCUT2D eigenvalue weighted by molar-refractivity contribution is 6.30. The van der Waals surface area contributed by atoms with E-state index in [1.807, 2.05) is 13.1 Å². The minimum atomic E-state index is -0.352. The molecule has 112 valence electrons. The van der Waals surface area contributed by atoms with E-state index in [-0.39, 0.29) is 16.4 Å². The summed E-state index contributed by atoms with van der Waals surface area (Å²) in [6.45, 7) is 6.89. The number of likely N-dealkylation sites (N-methyl/N-ethyl adjacent to an activating group) is 1. The fraction of sp³-hybridized carbons (Fsp3) is 0.625. The van der Waals surface area contributed by atoms with Gasteiger partial charge >= 0.3 is 0 Å². The zero-order valence-electron chi connectivity index (χ0n) is 12.5. The number of rotatable bonds is 5. The highest BCUT2D eigenvalue weighted by Gasteiger charge is 2.35. The van der Waals surface area contributed by atoms with E-state index in [9.17, 15) is 4.39 Å². The molecule has 0 saturated carbocycles. The van der Waals surface area contributed by atoms with Crippen LogP contribution < -0.4 is 5.32 Å². The van der Waals surface area contributed by atoms with Crippen molar-refractivity contribution >= 4 is 11.6 Å². The first-order chi connectivity index (χ1) is 9.45. The van der Waals surface area contributed by atoms with Gasteiger partial charge in [-0.25, -0.2) is 4.39 Å². The van der Waals surface area contributed by atoms with Crippen molar-refractivity contribution < 1.29 is 4.39 Å². The molecule has 2 rings (SSSR count). The number of nitrogens with one attached hydrogen (secondary N) is 1. The van der Waals surface area contributed by atoms with Gasteiger partial charge in [0.25, 0.3) is 0 Å². The normalized spacial score (nSPS) is 18.4. The summed E-state index contributed by atoms with van der Waals surface area (Å²) in [7, 11) is 1.99. The van der Waals surface area contributed by atoms with Gasteiger partial charge in [-0.3, -0.25) is 4.90 Å². The summed E-state index contributed by atoms with van der Waals surface area (Å²) in [4.78, 5) is 2.54. The Bertz CT molecular complexity index is 456. The molecule has 1 aromatic rings. The van der Waals surface area contributed by atoms with Gasteiger partial charge in [0, 0.05) is 11.6 Å². The fourth-order valence-corrected chi connectivity index (χ4v) is 3.32. The predicted molar refractivity (Wildman–Crippen MR) is 82.8 cm³/mol. The summed E-state index contributed by atoms with van der Waals surface area (Å²) in [5.74, 6) is -0.352. The van der Waals surface area contributed by atoms with E-state index in [0.717, 1.165) is 25.1 Å². The van der Waals surface area contributed by atoms with Crippen molar-refractivity contribution in [1.82, 2.24) is 10.2 Å². The molecule has 1 heterocycles. The number of hydrogen-bond donors (Lipinski definition) is 1. The Labute approximate surface area is 126 Å². The molecule has 0 radical (unpaired) electrons. The Morgan fingerprint density at radius 1 is 1.35 bits per heavy atom. The smallest absolute Gasteiger partial charge is 0.141 e. The number of nitrogens with zero attached hydrogens (tertiary/aromatic N) is 1. The molecule has 0 spiro atoms. The van der Waals surface area contributed by atoms with Gasteiger partial charge in [0.1, 0.15) is 5.82 Å². The van der Waals surface area contributed by atoms with Gasteiger partial charge in [-0.2, -0.15) is 0 Å². The first-order valence-electron chi connectivity index (χ1n) is 7.31. The Morgan fingerprint density at radius 3 is 2.55 bits per heavy atom. The molecule has 1 aliphatic heterocycles. The number of likely N-dealkylation sites (tertiary alicyclic amines) is 1. The Morgan fingerprint density at radius 2 is 2.00 bits per heavy atom. The van der Waals surface area contributed by atoms with Crippen LogP contribution >= 0.6 is 11.6 Å². The number of benzene rings is 1. The minimum absolute atomic E-state index is 0.0755. The molecule has 20 heavy (non-hydrogen) atoms. The van der Waals surface area contributed by atoms with E-state index in [1.54, 1.807) is 6.07 Å². The van der Waals surface area contributed by atoms with Crippen LogP contribution in [0.5, 0.6) is 0 Å². The lowest BCUT2D eigenvalue weighted by atomic mass is 9.87. The molecule has 1 N–H and O–H groups in total. The molecular formula is C16H24ClFN2. The maximum absolute atomic E-state index is 13.2. The molecule has 0 bridgehead atoms. The summed E-state index contributed by atoms with van der Waals surface area (Å²) < 4.78 is 13.2. The third kappa shape index (κ3) is 3.33. The van der Waals surface area contributed by atoms with E-state index in [2.05, 4.69) is 24.1 Å². The van der Waals surface area contributed by atoms with Gasteiger partial charge in [-0.1, -0.05) is 17.7 Å². The van der Waals surface area contributed by atoms with Gasteiger partial charge < -0.3 is 5.32 Å². The van der Waals surface area contributed by atoms with Crippen LogP contribution in [-0.2, 0) is 6.42 Å². The SMILES string of the molecule is CNC(Cc1ccc(F)c(Cl)c1)C(C)(C)N1CCCC1. The monoisotopic (exact) mass is 298 g/mol. The summed E-state index contributed by atoms with van der Waals surface area (Å²) in [5.41, 5.74) is 1.15. The topological polar surface area (TPSA) is 15.3 Å². The second kappa shape index (κ2) is 6.42. The third-order valence-corrected chi connectivity index (χ3v) is 4.84. The van der Waals surface area contributed by atoms with Crippen molar-refractivity contribution in [2.75, 3.05) is 20.1 Å². The molecule has 1 fully saturated rings. The highest BCUT2D eigenvalue weighted by Crippen LogP contribution is 2.27. The minimum Gasteiger partial charge on any atom is -0.315 e. The lowest BCUT2D eigenvalue weighted by molar-refractivity contribution is 0.110. The average Bonchev–Trinajstić information content (AvgIpc) is 2.94. The first-order valence-corrected chi connectivity index (χ1v) is 7.69. The third-order valence-electron chi connectivity index (χ3n) is 4.55. The molecule has 2 nitrogen and oxygen atoms in total. The zero-order chi connectivity index (χ0) is 14.8. The average molecular weight is 299 g/mol.